The third-order valence-electron chi connectivity index (χ3n) is 5.11. The molecule has 1 aliphatic heterocycles. The summed E-state index contributed by atoms with van der Waals surface area (Å²) in [6.45, 7) is 5.10. The van der Waals surface area contributed by atoms with Crippen LogP contribution in [0.25, 0.3) is 0 Å². The molecule has 0 aromatic heterocycles. The Balaban J connectivity index is 1.63. The third-order valence-corrected chi connectivity index (χ3v) is 5.11. The van der Waals surface area contributed by atoms with E-state index in [1.54, 1.807) is 31.2 Å². The fourth-order valence-electron chi connectivity index (χ4n) is 4.04. The van der Waals surface area contributed by atoms with Crippen LogP contribution in [0.4, 0.5) is 5.69 Å². The number of carbonyl (C=O) groups excluding carboxylic acids is 3. The van der Waals surface area contributed by atoms with Crippen LogP contribution >= 0.6 is 0 Å². The van der Waals surface area contributed by atoms with Gasteiger partial charge in [-0.05, 0) is 37.3 Å². The molecule has 1 saturated carbocycles. The van der Waals surface area contributed by atoms with E-state index in [-0.39, 0.29) is 41.1 Å². The zero-order valence-electron chi connectivity index (χ0n) is 13.3. The first-order valence-corrected chi connectivity index (χ1v) is 8.01. The van der Waals surface area contributed by atoms with Crippen LogP contribution < -0.4 is 9.64 Å². The number of fused-ring (bicyclic) bond motifs is 5. The summed E-state index contributed by atoms with van der Waals surface area (Å²) >= 11 is 0. The lowest BCUT2D eigenvalue weighted by Crippen LogP contribution is -2.32. The molecule has 24 heavy (non-hydrogen) atoms. The topological polar surface area (TPSA) is 63.7 Å². The van der Waals surface area contributed by atoms with Gasteiger partial charge in [0.1, 0.15) is 5.75 Å². The molecule has 1 heterocycles. The molecule has 0 unspecified atom stereocenters. The number of allylic oxidation sites excluding steroid dienone is 2. The lowest BCUT2D eigenvalue weighted by Gasteiger charge is -2.18. The highest BCUT2D eigenvalue weighted by atomic mass is 16.5. The minimum Gasteiger partial charge on any atom is -0.423 e. The molecular weight excluding hydrogens is 306 g/mol. The van der Waals surface area contributed by atoms with Gasteiger partial charge in [-0.15, -0.1) is 0 Å². The van der Waals surface area contributed by atoms with Gasteiger partial charge in [-0.2, -0.15) is 0 Å². The maximum atomic E-state index is 12.8. The zero-order valence-corrected chi connectivity index (χ0v) is 13.3. The molecule has 2 fully saturated rings. The molecule has 4 rings (SSSR count). The van der Waals surface area contributed by atoms with Crippen molar-refractivity contribution in [2.24, 2.45) is 23.7 Å². The maximum Gasteiger partial charge on any atom is 0.338 e. The molecule has 2 bridgehead atoms. The average molecular weight is 323 g/mol. The van der Waals surface area contributed by atoms with E-state index < -0.39 is 5.97 Å². The second-order valence-electron chi connectivity index (χ2n) is 6.68. The molecule has 1 saturated heterocycles. The molecule has 1 aromatic carbocycles. The number of anilines is 1. The number of amides is 2. The highest BCUT2D eigenvalue weighted by molar-refractivity contribution is 6.22. The molecule has 4 atom stereocenters. The largest absolute Gasteiger partial charge is 0.423 e. The van der Waals surface area contributed by atoms with Crippen molar-refractivity contribution in [1.29, 1.82) is 0 Å². The number of carbonyl (C=O) groups is 3. The predicted molar refractivity (Wildman–Crippen MR) is 87.1 cm³/mol. The van der Waals surface area contributed by atoms with Crippen LogP contribution in [0.5, 0.6) is 5.75 Å². The van der Waals surface area contributed by atoms with E-state index in [4.69, 9.17) is 4.74 Å². The van der Waals surface area contributed by atoms with Gasteiger partial charge in [0, 0.05) is 11.6 Å². The van der Waals surface area contributed by atoms with Crippen LogP contribution in [0.2, 0.25) is 0 Å². The fraction of sp³-hybridized carbons (Fsp3) is 0.316. The van der Waals surface area contributed by atoms with Crippen molar-refractivity contribution in [3.05, 3.63) is 48.6 Å². The maximum absolute atomic E-state index is 12.8. The highest BCUT2D eigenvalue weighted by Gasteiger charge is 2.59. The van der Waals surface area contributed by atoms with E-state index in [0.29, 0.717) is 11.4 Å². The average Bonchev–Trinajstić information content (AvgIpc) is 3.21. The van der Waals surface area contributed by atoms with Gasteiger partial charge >= 0.3 is 5.97 Å². The van der Waals surface area contributed by atoms with Crippen molar-refractivity contribution in [3.63, 3.8) is 0 Å². The van der Waals surface area contributed by atoms with Gasteiger partial charge in [-0.3, -0.25) is 9.59 Å². The van der Waals surface area contributed by atoms with E-state index in [1.807, 2.05) is 0 Å². The first-order chi connectivity index (χ1) is 11.5. The minimum atomic E-state index is -0.537. The molecule has 2 aliphatic carbocycles. The highest BCUT2D eigenvalue weighted by Crippen LogP contribution is 2.53. The number of benzene rings is 1. The van der Waals surface area contributed by atoms with Gasteiger partial charge in [0.15, 0.2) is 0 Å². The van der Waals surface area contributed by atoms with Crippen molar-refractivity contribution in [2.45, 2.75) is 13.3 Å². The van der Waals surface area contributed by atoms with E-state index >= 15 is 0 Å². The van der Waals surface area contributed by atoms with E-state index in [9.17, 15) is 14.4 Å². The Morgan fingerprint density at radius 1 is 1.17 bits per heavy atom. The Morgan fingerprint density at radius 3 is 2.38 bits per heavy atom. The molecule has 1 aromatic rings. The van der Waals surface area contributed by atoms with Crippen LogP contribution in [0.15, 0.2) is 48.6 Å². The van der Waals surface area contributed by atoms with Gasteiger partial charge in [0.2, 0.25) is 11.8 Å². The quantitative estimate of drug-likeness (QED) is 0.282. The number of hydrogen-bond donors (Lipinski definition) is 0. The molecular formula is C19H17NO4. The van der Waals surface area contributed by atoms with Gasteiger partial charge in [-0.1, -0.05) is 24.8 Å². The summed E-state index contributed by atoms with van der Waals surface area (Å²) < 4.78 is 5.20. The monoisotopic (exact) mass is 323 g/mol. The lowest BCUT2D eigenvalue weighted by atomic mass is 9.85. The van der Waals surface area contributed by atoms with Crippen LogP contribution in [0.3, 0.4) is 0 Å². The van der Waals surface area contributed by atoms with Crippen LogP contribution in [-0.4, -0.2) is 17.8 Å². The van der Waals surface area contributed by atoms with Crippen molar-refractivity contribution in [2.75, 3.05) is 4.90 Å². The van der Waals surface area contributed by atoms with Crippen molar-refractivity contribution in [3.8, 4) is 5.75 Å². The van der Waals surface area contributed by atoms with Crippen molar-refractivity contribution in [1.82, 2.24) is 0 Å². The molecule has 5 nitrogen and oxygen atoms in total. The second kappa shape index (κ2) is 5.16. The summed E-state index contributed by atoms with van der Waals surface area (Å²) in [4.78, 5) is 38.5. The Morgan fingerprint density at radius 2 is 1.79 bits per heavy atom. The van der Waals surface area contributed by atoms with Gasteiger partial charge < -0.3 is 4.74 Å². The number of imide groups is 1. The Kier molecular flexibility index (Phi) is 3.20. The predicted octanol–water partition coefficient (Wildman–Crippen LogP) is 2.48. The number of hydrogen-bond acceptors (Lipinski definition) is 4. The van der Waals surface area contributed by atoms with Gasteiger partial charge in [0.05, 0.1) is 17.5 Å². The van der Waals surface area contributed by atoms with Crippen LogP contribution in [-0.2, 0) is 14.4 Å². The molecule has 3 aliphatic rings. The smallest absolute Gasteiger partial charge is 0.338 e. The zero-order chi connectivity index (χ0) is 17.0. The first-order valence-electron chi connectivity index (χ1n) is 8.01. The number of rotatable bonds is 3. The van der Waals surface area contributed by atoms with Gasteiger partial charge in [-0.25, -0.2) is 9.69 Å². The van der Waals surface area contributed by atoms with Crippen LogP contribution in [0.1, 0.15) is 13.3 Å². The molecule has 0 radical (unpaired) electrons. The second-order valence-corrected chi connectivity index (χ2v) is 6.68. The Hall–Kier alpha value is -2.69. The fourth-order valence-corrected chi connectivity index (χ4v) is 4.04. The molecule has 0 N–H and O–H groups in total. The van der Waals surface area contributed by atoms with Crippen molar-refractivity contribution >= 4 is 23.5 Å². The summed E-state index contributed by atoms with van der Waals surface area (Å²) in [7, 11) is 0. The normalized spacial score (nSPS) is 30.0. The summed E-state index contributed by atoms with van der Waals surface area (Å²) in [5.74, 6) is -0.681. The lowest BCUT2D eigenvalue weighted by molar-refractivity contribution is -0.130. The van der Waals surface area contributed by atoms with E-state index in [0.717, 1.165) is 6.42 Å². The summed E-state index contributed by atoms with van der Waals surface area (Å²) in [5.41, 5.74) is 0.733. The summed E-state index contributed by atoms with van der Waals surface area (Å²) in [5, 5.41) is 0. The summed E-state index contributed by atoms with van der Waals surface area (Å²) in [6.07, 6.45) is 5.02. The standard InChI is InChI=1S/C19H17NO4/c1-10(2)19(23)24-14-5-3-4-13(9-14)20-17(21)15-11-6-7-12(8-11)16(15)18(20)22/h3-7,9,11-12,15-16H,1,8H2,2H3/t11-,12-,15-,16+/m1/s1. The number of ether oxygens (including phenoxy) is 1. The van der Waals surface area contributed by atoms with Gasteiger partial charge in [0.25, 0.3) is 0 Å². The van der Waals surface area contributed by atoms with Crippen LogP contribution in [0, 0.1) is 23.7 Å². The van der Waals surface area contributed by atoms with E-state index in [2.05, 4.69) is 18.7 Å². The van der Waals surface area contributed by atoms with Crippen molar-refractivity contribution < 1.29 is 19.1 Å². The van der Waals surface area contributed by atoms with E-state index in [1.165, 1.54) is 4.90 Å². The number of esters is 1. The molecule has 0 spiro atoms. The Bertz CT molecular complexity index is 779. The molecule has 2 amide bonds. The first kappa shape index (κ1) is 14.9. The minimum absolute atomic E-state index is 0.148. The molecule has 5 heteroatoms. The summed E-state index contributed by atoms with van der Waals surface area (Å²) in [6, 6.07) is 6.51. The Labute approximate surface area is 139 Å². The molecule has 122 valence electrons. The third kappa shape index (κ3) is 2.04. The SMILES string of the molecule is C=C(C)C(=O)Oc1cccc(N2C(=O)[C@@H]3[C@H](C2=O)[C@@H]2C=C[C@@H]3C2)c1. The number of nitrogens with zero attached hydrogens (tertiary/aromatic N) is 1.